The Labute approximate surface area is 172 Å². The second-order valence-electron chi connectivity index (χ2n) is 7.73. The van der Waals surface area contributed by atoms with E-state index < -0.39 is 12.1 Å². The van der Waals surface area contributed by atoms with Crippen molar-refractivity contribution in [1.82, 2.24) is 0 Å². The number of carboxylic acids is 1. The standard InChI is InChI=1S/C23H23FN2O4/c1-13-9-17(14(2)25-19-6-4-3-5-16(19)23(28)29)22-18(10-13)20(27)11-21(30-22)26-8-7-15(24)12-26/h3-6,9-11,14-15,25H,7-8,12H2,1-2H3,(H,28,29)/t14?,15-/m1/s1. The molecule has 156 valence electrons. The van der Waals surface area contributed by atoms with E-state index >= 15 is 0 Å². The number of hydrogen-bond donors (Lipinski definition) is 2. The van der Waals surface area contributed by atoms with Crippen molar-refractivity contribution in [2.75, 3.05) is 23.3 Å². The Morgan fingerprint density at radius 2 is 2.07 bits per heavy atom. The van der Waals surface area contributed by atoms with Gasteiger partial charge in [-0.25, -0.2) is 9.18 Å². The van der Waals surface area contributed by atoms with E-state index in [4.69, 9.17) is 4.42 Å². The van der Waals surface area contributed by atoms with Crippen LogP contribution in [0.3, 0.4) is 0 Å². The van der Waals surface area contributed by atoms with Gasteiger partial charge in [0.05, 0.1) is 23.5 Å². The number of halogens is 1. The van der Waals surface area contributed by atoms with Gasteiger partial charge >= 0.3 is 5.97 Å². The van der Waals surface area contributed by atoms with Gasteiger partial charge in [-0.2, -0.15) is 0 Å². The maximum atomic E-state index is 13.7. The lowest BCUT2D eigenvalue weighted by Gasteiger charge is -2.21. The minimum absolute atomic E-state index is 0.162. The summed E-state index contributed by atoms with van der Waals surface area (Å²) in [6, 6.07) is 11.4. The third kappa shape index (κ3) is 3.75. The second-order valence-corrected chi connectivity index (χ2v) is 7.73. The van der Waals surface area contributed by atoms with E-state index in [-0.39, 0.29) is 23.6 Å². The summed E-state index contributed by atoms with van der Waals surface area (Å²) in [6.45, 7) is 4.47. The minimum atomic E-state index is -1.02. The summed E-state index contributed by atoms with van der Waals surface area (Å²) in [6.07, 6.45) is -0.525. The van der Waals surface area contributed by atoms with Crippen LogP contribution in [0.2, 0.25) is 0 Å². The molecule has 1 aliphatic heterocycles. The molecule has 2 N–H and O–H groups in total. The smallest absolute Gasteiger partial charge is 0.337 e. The average Bonchev–Trinajstić information content (AvgIpc) is 3.14. The van der Waals surface area contributed by atoms with Gasteiger partial charge in [0.15, 0.2) is 11.3 Å². The number of carboxylic acid groups (broad SMARTS) is 1. The molecule has 0 aliphatic carbocycles. The zero-order valence-corrected chi connectivity index (χ0v) is 16.8. The fourth-order valence-electron chi connectivity index (χ4n) is 3.92. The fraction of sp³-hybridized carbons (Fsp3) is 0.304. The molecule has 2 atom stereocenters. The number of carbonyl (C=O) groups is 1. The van der Waals surface area contributed by atoms with Gasteiger partial charge in [-0.05, 0) is 44.0 Å². The Hall–Kier alpha value is -3.35. The van der Waals surface area contributed by atoms with Crippen LogP contribution in [0.15, 0.2) is 51.7 Å². The Bertz CT molecular complexity index is 1170. The first kappa shape index (κ1) is 19.9. The fourth-order valence-corrected chi connectivity index (χ4v) is 3.92. The van der Waals surface area contributed by atoms with Crippen LogP contribution in [0.4, 0.5) is 16.0 Å². The third-order valence-electron chi connectivity index (χ3n) is 5.43. The van der Waals surface area contributed by atoms with Gasteiger partial charge in [0, 0.05) is 23.9 Å². The van der Waals surface area contributed by atoms with Crippen molar-refractivity contribution >= 4 is 28.5 Å². The molecule has 1 saturated heterocycles. The number of para-hydroxylation sites is 1. The van der Waals surface area contributed by atoms with Crippen LogP contribution in [-0.4, -0.2) is 30.3 Å². The zero-order valence-electron chi connectivity index (χ0n) is 16.8. The number of fused-ring (bicyclic) bond motifs is 1. The molecule has 1 aromatic heterocycles. The molecule has 1 unspecified atom stereocenters. The van der Waals surface area contributed by atoms with Gasteiger partial charge in [-0.3, -0.25) is 4.79 Å². The van der Waals surface area contributed by atoms with E-state index in [1.54, 1.807) is 29.2 Å². The molecule has 30 heavy (non-hydrogen) atoms. The van der Waals surface area contributed by atoms with E-state index in [0.29, 0.717) is 35.5 Å². The predicted octanol–water partition coefficient (Wildman–Crippen LogP) is 4.52. The van der Waals surface area contributed by atoms with Crippen molar-refractivity contribution in [3.8, 4) is 0 Å². The Morgan fingerprint density at radius 3 is 2.77 bits per heavy atom. The largest absolute Gasteiger partial charge is 0.478 e. The summed E-state index contributed by atoms with van der Waals surface area (Å²) in [4.78, 5) is 26.1. The van der Waals surface area contributed by atoms with Gasteiger partial charge in [-0.1, -0.05) is 18.2 Å². The van der Waals surface area contributed by atoms with Crippen LogP contribution >= 0.6 is 0 Å². The number of rotatable bonds is 5. The molecule has 0 saturated carbocycles. The molecule has 3 aromatic rings. The lowest BCUT2D eigenvalue weighted by Crippen LogP contribution is -2.21. The first-order chi connectivity index (χ1) is 14.3. The quantitative estimate of drug-likeness (QED) is 0.644. The highest BCUT2D eigenvalue weighted by Gasteiger charge is 2.25. The van der Waals surface area contributed by atoms with Crippen LogP contribution in [0.1, 0.15) is 40.9 Å². The number of alkyl halides is 1. The lowest BCUT2D eigenvalue weighted by atomic mass is 10.0. The monoisotopic (exact) mass is 410 g/mol. The number of nitrogens with one attached hydrogen (secondary N) is 1. The summed E-state index contributed by atoms with van der Waals surface area (Å²) in [5, 5.41) is 13.1. The summed E-state index contributed by atoms with van der Waals surface area (Å²) in [5.41, 5.74) is 2.51. The molecular formula is C23H23FN2O4. The SMILES string of the molecule is Cc1cc(C(C)Nc2ccccc2C(=O)O)c2oc(N3CC[C@@H](F)C3)cc(=O)c2c1. The molecule has 2 heterocycles. The van der Waals surface area contributed by atoms with Crippen molar-refractivity contribution in [1.29, 1.82) is 0 Å². The van der Waals surface area contributed by atoms with Gasteiger partial charge in [0.25, 0.3) is 0 Å². The number of anilines is 2. The van der Waals surface area contributed by atoms with Crippen molar-refractivity contribution in [2.45, 2.75) is 32.5 Å². The number of nitrogens with zero attached hydrogens (tertiary/aromatic N) is 1. The van der Waals surface area contributed by atoms with Crippen molar-refractivity contribution in [2.24, 2.45) is 0 Å². The number of aryl methyl sites for hydroxylation is 1. The third-order valence-corrected chi connectivity index (χ3v) is 5.43. The molecule has 2 aromatic carbocycles. The normalized spacial score (nSPS) is 17.3. The molecule has 4 rings (SSSR count). The van der Waals surface area contributed by atoms with E-state index in [9.17, 15) is 19.1 Å². The summed E-state index contributed by atoms with van der Waals surface area (Å²) < 4.78 is 19.8. The molecular weight excluding hydrogens is 387 g/mol. The Morgan fingerprint density at radius 1 is 1.30 bits per heavy atom. The number of hydrogen-bond acceptors (Lipinski definition) is 5. The summed E-state index contributed by atoms with van der Waals surface area (Å²) in [7, 11) is 0. The van der Waals surface area contributed by atoms with Crippen LogP contribution < -0.4 is 15.6 Å². The van der Waals surface area contributed by atoms with Crippen LogP contribution in [0.5, 0.6) is 0 Å². The van der Waals surface area contributed by atoms with E-state index in [1.165, 1.54) is 12.1 Å². The summed E-state index contributed by atoms with van der Waals surface area (Å²) >= 11 is 0. The Balaban J connectivity index is 1.79. The average molecular weight is 410 g/mol. The van der Waals surface area contributed by atoms with E-state index in [2.05, 4.69) is 5.32 Å². The molecule has 0 bridgehead atoms. The molecule has 0 spiro atoms. The Kier molecular flexibility index (Phi) is 5.20. The van der Waals surface area contributed by atoms with E-state index in [0.717, 1.165) is 11.1 Å². The van der Waals surface area contributed by atoms with Crippen LogP contribution in [0.25, 0.3) is 11.0 Å². The predicted molar refractivity (Wildman–Crippen MR) is 114 cm³/mol. The maximum Gasteiger partial charge on any atom is 0.337 e. The van der Waals surface area contributed by atoms with Gasteiger partial charge < -0.3 is 19.7 Å². The minimum Gasteiger partial charge on any atom is -0.478 e. The van der Waals surface area contributed by atoms with Gasteiger partial charge in [-0.15, -0.1) is 0 Å². The molecule has 0 radical (unpaired) electrons. The highest BCUT2D eigenvalue weighted by molar-refractivity contribution is 5.94. The number of aromatic carboxylic acids is 1. The first-order valence-electron chi connectivity index (χ1n) is 9.89. The van der Waals surface area contributed by atoms with Crippen LogP contribution in [-0.2, 0) is 0 Å². The van der Waals surface area contributed by atoms with Crippen LogP contribution in [0, 0.1) is 6.92 Å². The topological polar surface area (TPSA) is 82.8 Å². The highest BCUT2D eigenvalue weighted by Crippen LogP contribution is 2.31. The second kappa shape index (κ2) is 7.82. The zero-order chi connectivity index (χ0) is 21.4. The molecule has 6 nitrogen and oxygen atoms in total. The molecule has 1 aliphatic rings. The van der Waals surface area contributed by atoms with Gasteiger partial charge in [0.2, 0.25) is 0 Å². The summed E-state index contributed by atoms with van der Waals surface area (Å²) in [5.74, 6) is -0.668. The first-order valence-corrected chi connectivity index (χ1v) is 9.89. The van der Waals surface area contributed by atoms with Crippen molar-refractivity contribution in [3.05, 3.63) is 69.4 Å². The molecule has 0 amide bonds. The maximum absolute atomic E-state index is 13.7. The highest BCUT2D eigenvalue weighted by atomic mass is 19.1. The lowest BCUT2D eigenvalue weighted by molar-refractivity contribution is 0.0698. The number of benzene rings is 2. The molecule has 7 heteroatoms. The van der Waals surface area contributed by atoms with Crippen molar-refractivity contribution in [3.63, 3.8) is 0 Å². The molecule has 1 fully saturated rings. The van der Waals surface area contributed by atoms with E-state index in [1.807, 2.05) is 19.9 Å². The van der Waals surface area contributed by atoms with Crippen molar-refractivity contribution < 1.29 is 18.7 Å². The van der Waals surface area contributed by atoms with Gasteiger partial charge in [0.1, 0.15) is 11.8 Å².